The van der Waals surface area contributed by atoms with Crippen LogP contribution in [0, 0.1) is 6.92 Å². The third-order valence-electron chi connectivity index (χ3n) is 3.65. The molecule has 5 heteroatoms. The molecule has 0 saturated heterocycles. The number of nitrogens with one attached hydrogen (secondary N) is 1. The summed E-state index contributed by atoms with van der Waals surface area (Å²) in [5.74, 6) is -1.17. The summed E-state index contributed by atoms with van der Waals surface area (Å²) in [5, 5.41) is 2.63. The van der Waals surface area contributed by atoms with Crippen molar-refractivity contribution in [1.29, 1.82) is 0 Å². The van der Waals surface area contributed by atoms with E-state index in [1.54, 1.807) is 30.3 Å². The molecule has 0 radical (unpaired) electrons. The highest BCUT2D eigenvalue weighted by molar-refractivity contribution is 5.99. The molecule has 0 spiro atoms. The number of benzene rings is 2. The number of ether oxygens (including phenoxy) is 1. The van der Waals surface area contributed by atoms with Crippen LogP contribution in [-0.4, -0.2) is 23.8 Å². The SMILES string of the molecule is CC(=O)c1cccc(NC(=O)[C@H](C)OC(=O)/C=C/c2cccc(C)c2)c1. The highest BCUT2D eigenvalue weighted by Crippen LogP contribution is 2.12. The summed E-state index contributed by atoms with van der Waals surface area (Å²) >= 11 is 0. The molecule has 0 fully saturated rings. The Balaban J connectivity index is 1.93. The largest absolute Gasteiger partial charge is 0.449 e. The van der Waals surface area contributed by atoms with Gasteiger partial charge >= 0.3 is 5.97 Å². The smallest absolute Gasteiger partial charge is 0.331 e. The summed E-state index contributed by atoms with van der Waals surface area (Å²) in [6.07, 6.45) is 1.95. The molecule has 2 rings (SSSR count). The lowest BCUT2D eigenvalue weighted by Gasteiger charge is -2.12. The van der Waals surface area contributed by atoms with E-state index in [9.17, 15) is 14.4 Å². The van der Waals surface area contributed by atoms with Gasteiger partial charge in [-0.3, -0.25) is 9.59 Å². The summed E-state index contributed by atoms with van der Waals surface area (Å²) in [6, 6.07) is 14.2. The number of rotatable bonds is 6. The zero-order valence-corrected chi connectivity index (χ0v) is 15.0. The molecule has 0 saturated carbocycles. The van der Waals surface area contributed by atoms with Crippen molar-refractivity contribution in [2.75, 3.05) is 5.32 Å². The van der Waals surface area contributed by atoms with Crippen LogP contribution in [0.2, 0.25) is 0 Å². The monoisotopic (exact) mass is 351 g/mol. The van der Waals surface area contributed by atoms with Gasteiger partial charge in [-0.05, 0) is 44.5 Å². The van der Waals surface area contributed by atoms with Gasteiger partial charge in [-0.1, -0.05) is 42.0 Å². The standard InChI is InChI=1S/C21H21NO4/c1-14-6-4-7-17(12-14)10-11-20(24)26-16(3)21(25)22-19-9-5-8-18(13-19)15(2)23/h4-13,16H,1-3H3,(H,22,25)/b11-10+/t16-/m0/s1. The first kappa shape index (κ1) is 19.1. The predicted octanol–water partition coefficient (Wildman–Crippen LogP) is 3.78. The summed E-state index contributed by atoms with van der Waals surface area (Å²) in [4.78, 5) is 35.4. The first-order valence-corrected chi connectivity index (χ1v) is 8.22. The van der Waals surface area contributed by atoms with Crippen molar-refractivity contribution in [2.45, 2.75) is 26.9 Å². The van der Waals surface area contributed by atoms with E-state index in [2.05, 4.69) is 5.32 Å². The molecule has 0 aromatic heterocycles. The minimum atomic E-state index is -0.967. The fourth-order valence-corrected chi connectivity index (χ4v) is 2.26. The number of aryl methyl sites for hydroxylation is 1. The van der Waals surface area contributed by atoms with E-state index in [0.717, 1.165) is 11.1 Å². The molecular formula is C21H21NO4. The minimum absolute atomic E-state index is 0.0955. The van der Waals surface area contributed by atoms with Crippen LogP contribution in [0.4, 0.5) is 5.69 Å². The Labute approximate surface area is 152 Å². The number of Topliss-reactive ketones (excluding diaryl/α,β-unsaturated/α-hetero) is 1. The lowest BCUT2D eigenvalue weighted by molar-refractivity contribution is -0.148. The topological polar surface area (TPSA) is 72.5 Å². The number of hydrogen-bond acceptors (Lipinski definition) is 4. The summed E-state index contributed by atoms with van der Waals surface area (Å²) in [6.45, 7) is 4.90. The molecule has 0 aliphatic rings. The van der Waals surface area contributed by atoms with E-state index in [4.69, 9.17) is 4.74 Å². The molecular weight excluding hydrogens is 330 g/mol. The van der Waals surface area contributed by atoms with Gasteiger partial charge in [0.15, 0.2) is 11.9 Å². The second-order valence-corrected chi connectivity index (χ2v) is 5.95. The zero-order chi connectivity index (χ0) is 19.1. The lowest BCUT2D eigenvalue weighted by Crippen LogP contribution is -2.29. The highest BCUT2D eigenvalue weighted by atomic mass is 16.5. The van der Waals surface area contributed by atoms with Gasteiger partial charge in [-0.15, -0.1) is 0 Å². The van der Waals surface area contributed by atoms with Gasteiger partial charge in [0, 0.05) is 17.3 Å². The van der Waals surface area contributed by atoms with Crippen molar-refractivity contribution in [3.63, 3.8) is 0 Å². The van der Waals surface area contributed by atoms with E-state index >= 15 is 0 Å². The van der Waals surface area contributed by atoms with Crippen molar-refractivity contribution in [3.05, 3.63) is 71.3 Å². The first-order chi connectivity index (χ1) is 12.3. The minimum Gasteiger partial charge on any atom is -0.449 e. The van der Waals surface area contributed by atoms with Crippen molar-refractivity contribution >= 4 is 29.4 Å². The van der Waals surface area contributed by atoms with E-state index in [-0.39, 0.29) is 5.78 Å². The molecule has 0 unspecified atom stereocenters. The molecule has 134 valence electrons. The average Bonchev–Trinajstić information content (AvgIpc) is 2.60. The molecule has 0 bridgehead atoms. The van der Waals surface area contributed by atoms with Crippen LogP contribution in [0.5, 0.6) is 0 Å². The summed E-state index contributed by atoms with van der Waals surface area (Å²) in [5.41, 5.74) is 2.93. The number of hydrogen-bond donors (Lipinski definition) is 1. The number of carbonyl (C=O) groups is 3. The Bertz CT molecular complexity index is 855. The number of ketones is 1. The Morgan fingerprint density at radius 1 is 1.08 bits per heavy atom. The lowest BCUT2D eigenvalue weighted by atomic mass is 10.1. The van der Waals surface area contributed by atoms with Crippen LogP contribution < -0.4 is 5.32 Å². The number of amides is 1. The quantitative estimate of drug-likeness (QED) is 0.488. The summed E-state index contributed by atoms with van der Waals surface area (Å²) < 4.78 is 5.11. The molecule has 26 heavy (non-hydrogen) atoms. The highest BCUT2D eigenvalue weighted by Gasteiger charge is 2.17. The third kappa shape index (κ3) is 5.70. The Kier molecular flexibility index (Phi) is 6.44. The molecule has 1 N–H and O–H groups in total. The maximum Gasteiger partial charge on any atom is 0.331 e. The van der Waals surface area contributed by atoms with Crippen molar-refractivity contribution < 1.29 is 19.1 Å². The van der Waals surface area contributed by atoms with Crippen LogP contribution >= 0.6 is 0 Å². The Hall–Kier alpha value is -3.21. The maximum absolute atomic E-state index is 12.2. The third-order valence-corrected chi connectivity index (χ3v) is 3.65. The van der Waals surface area contributed by atoms with Gasteiger partial charge in [0.25, 0.3) is 5.91 Å². The number of esters is 1. The molecule has 1 atom stereocenters. The van der Waals surface area contributed by atoms with Gasteiger partial charge in [-0.2, -0.15) is 0 Å². The van der Waals surface area contributed by atoms with E-state index in [0.29, 0.717) is 11.3 Å². The van der Waals surface area contributed by atoms with Crippen LogP contribution in [0.15, 0.2) is 54.6 Å². The van der Waals surface area contributed by atoms with Crippen molar-refractivity contribution in [2.24, 2.45) is 0 Å². The second kappa shape index (κ2) is 8.76. The number of carbonyl (C=O) groups excluding carboxylic acids is 3. The van der Waals surface area contributed by atoms with E-state index < -0.39 is 18.0 Å². The van der Waals surface area contributed by atoms with Crippen LogP contribution in [-0.2, 0) is 14.3 Å². The van der Waals surface area contributed by atoms with Crippen LogP contribution in [0.1, 0.15) is 35.3 Å². The fourth-order valence-electron chi connectivity index (χ4n) is 2.26. The van der Waals surface area contributed by atoms with Crippen molar-refractivity contribution in [1.82, 2.24) is 0 Å². The Morgan fingerprint density at radius 2 is 1.81 bits per heavy atom. The molecule has 5 nitrogen and oxygen atoms in total. The van der Waals surface area contributed by atoms with Gasteiger partial charge in [0.2, 0.25) is 0 Å². The van der Waals surface area contributed by atoms with Gasteiger partial charge < -0.3 is 10.1 Å². The van der Waals surface area contributed by atoms with Gasteiger partial charge in [0.05, 0.1) is 0 Å². The first-order valence-electron chi connectivity index (χ1n) is 8.22. The zero-order valence-electron chi connectivity index (χ0n) is 15.0. The van der Waals surface area contributed by atoms with Crippen LogP contribution in [0.3, 0.4) is 0 Å². The molecule has 2 aromatic carbocycles. The Morgan fingerprint density at radius 3 is 2.50 bits per heavy atom. The normalized spacial score (nSPS) is 11.8. The van der Waals surface area contributed by atoms with Gasteiger partial charge in [-0.25, -0.2) is 4.79 Å². The van der Waals surface area contributed by atoms with E-state index in [1.807, 2.05) is 31.2 Å². The average molecular weight is 351 g/mol. The fraction of sp³-hybridized carbons (Fsp3) is 0.190. The predicted molar refractivity (Wildman–Crippen MR) is 101 cm³/mol. The maximum atomic E-state index is 12.2. The van der Waals surface area contributed by atoms with Crippen LogP contribution in [0.25, 0.3) is 6.08 Å². The van der Waals surface area contributed by atoms with E-state index in [1.165, 1.54) is 19.9 Å². The molecule has 0 heterocycles. The van der Waals surface area contributed by atoms with Gasteiger partial charge in [0.1, 0.15) is 0 Å². The van der Waals surface area contributed by atoms with Crippen molar-refractivity contribution in [3.8, 4) is 0 Å². The number of anilines is 1. The second-order valence-electron chi connectivity index (χ2n) is 5.95. The molecule has 0 aliphatic carbocycles. The molecule has 2 aromatic rings. The molecule has 0 aliphatic heterocycles. The summed E-state index contributed by atoms with van der Waals surface area (Å²) in [7, 11) is 0. The molecule has 1 amide bonds.